The zero-order chi connectivity index (χ0) is 27.0. The molecule has 0 saturated heterocycles. The monoisotopic (exact) mass is 509 g/mol. The molecular formula is C31H43NO5. The van der Waals surface area contributed by atoms with E-state index >= 15 is 0 Å². The number of Topliss-reactive ketones (excluding diaryl/α,β-unsaturated/α-hetero) is 1. The number of aliphatic hydroxyl groups excluding tert-OH is 1. The second kappa shape index (κ2) is 13.2. The average molecular weight is 510 g/mol. The van der Waals surface area contributed by atoms with E-state index in [1.807, 2.05) is 32.1 Å². The lowest BCUT2D eigenvalue weighted by Crippen LogP contribution is -2.33. The number of oxazole rings is 1. The summed E-state index contributed by atoms with van der Waals surface area (Å²) in [6.45, 7) is 11.9. The maximum Gasteiger partial charge on any atom is 0.306 e. The molecule has 3 atom stereocenters. The van der Waals surface area contributed by atoms with Crippen LogP contribution in [-0.2, 0) is 20.9 Å². The number of ether oxygens (including phenoxy) is 1. The van der Waals surface area contributed by atoms with Gasteiger partial charge in [-0.3, -0.25) is 9.59 Å². The zero-order valence-electron chi connectivity index (χ0n) is 22.9. The molecule has 1 aromatic heterocycles. The second-order valence-electron chi connectivity index (χ2n) is 11.3. The highest BCUT2D eigenvalue weighted by Crippen LogP contribution is 2.35. The van der Waals surface area contributed by atoms with Gasteiger partial charge in [0, 0.05) is 24.2 Å². The van der Waals surface area contributed by atoms with Crippen LogP contribution in [0.4, 0.5) is 0 Å². The summed E-state index contributed by atoms with van der Waals surface area (Å²) >= 11 is 0. The van der Waals surface area contributed by atoms with Crippen molar-refractivity contribution in [2.45, 2.75) is 98.2 Å². The molecule has 0 saturated carbocycles. The van der Waals surface area contributed by atoms with Crippen LogP contribution in [0, 0.1) is 17.3 Å². The molecular weight excluding hydrogens is 466 g/mol. The molecule has 37 heavy (non-hydrogen) atoms. The zero-order valence-corrected chi connectivity index (χ0v) is 22.9. The highest BCUT2D eigenvalue weighted by molar-refractivity contribution is 5.87. The summed E-state index contributed by atoms with van der Waals surface area (Å²) in [6, 6.07) is 5.54. The van der Waals surface area contributed by atoms with Gasteiger partial charge in [0.15, 0.2) is 5.58 Å². The third-order valence-electron chi connectivity index (χ3n) is 7.58. The average Bonchev–Trinajstić information content (AvgIpc) is 3.29. The first-order valence-electron chi connectivity index (χ1n) is 13.6. The van der Waals surface area contributed by atoms with Crippen molar-refractivity contribution in [3.8, 4) is 0 Å². The molecule has 3 unspecified atom stereocenters. The molecule has 0 bridgehead atoms. The summed E-state index contributed by atoms with van der Waals surface area (Å²) in [4.78, 5) is 30.9. The van der Waals surface area contributed by atoms with E-state index in [9.17, 15) is 14.7 Å². The van der Waals surface area contributed by atoms with Gasteiger partial charge in [0.2, 0.25) is 5.89 Å². The number of benzene rings is 1. The predicted octanol–water partition coefficient (Wildman–Crippen LogP) is 7.41. The molecule has 0 spiro atoms. The lowest BCUT2D eigenvalue weighted by Gasteiger charge is -2.30. The fourth-order valence-electron chi connectivity index (χ4n) is 5.24. The number of aromatic nitrogens is 1. The Morgan fingerprint density at radius 1 is 1.24 bits per heavy atom. The van der Waals surface area contributed by atoms with Crippen molar-refractivity contribution in [3.05, 3.63) is 54.0 Å². The molecule has 2 aromatic rings. The minimum atomic E-state index is -0.603. The maximum atomic E-state index is 13.6. The van der Waals surface area contributed by atoms with Gasteiger partial charge in [-0.2, -0.15) is 0 Å². The molecule has 3 rings (SSSR count). The van der Waals surface area contributed by atoms with Crippen LogP contribution in [0.3, 0.4) is 0 Å². The van der Waals surface area contributed by atoms with Gasteiger partial charge in [0.25, 0.3) is 0 Å². The number of carbonyl (C=O) groups is 2. The molecule has 1 N–H and O–H groups in total. The van der Waals surface area contributed by atoms with E-state index in [0.717, 1.165) is 44.1 Å². The number of carbonyl (C=O) groups excluding carboxylic acids is 2. The Balaban J connectivity index is 1.85. The second-order valence-corrected chi connectivity index (χ2v) is 11.3. The lowest BCUT2D eigenvalue weighted by molar-refractivity contribution is -0.150. The fraction of sp³-hybridized carbons (Fsp3) is 0.581. The largest absolute Gasteiger partial charge is 0.457 e. The van der Waals surface area contributed by atoms with Gasteiger partial charge >= 0.3 is 5.97 Å². The summed E-state index contributed by atoms with van der Waals surface area (Å²) in [5.41, 5.74) is 2.70. The third kappa shape index (κ3) is 8.13. The number of hydrogen-bond donors (Lipinski definition) is 1. The summed E-state index contributed by atoms with van der Waals surface area (Å²) in [5, 5.41) is 9.35. The number of nitrogens with zero attached hydrogens (tertiary/aromatic N) is 1. The van der Waals surface area contributed by atoms with Crippen molar-refractivity contribution >= 4 is 22.9 Å². The first-order valence-corrected chi connectivity index (χ1v) is 13.6. The molecule has 6 heteroatoms. The van der Waals surface area contributed by atoms with E-state index in [1.165, 1.54) is 5.57 Å². The van der Waals surface area contributed by atoms with Gasteiger partial charge in [-0.05, 0) is 69.1 Å². The molecule has 0 fully saturated rings. The van der Waals surface area contributed by atoms with Crippen LogP contribution >= 0.6 is 0 Å². The molecule has 0 amide bonds. The predicted molar refractivity (Wildman–Crippen MR) is 146 cm³/mol. The Bertz CT molecular complexity index is 1110. The Labute approximate surface area is 221 Å². The van der Waals surface area contributed by atoms with Gasteiger partial charge < -0.3 is 14.3 Å². The van der Waals surface area contributed by atoms with Crippen LogP contribution in [0.5, 0.6) is 0 Å². The van der Waals surface area contributed by atoms with Crippen LogP contribution in [-0.4, -0.2) is 21.8 Å². The topological polar surface area (TPSA) is 89.6 Å². The lowest BCUT2D eigenvalue weighted by atomic mass is 9.73. The van der Waals surface area contributed by atoms with E-state index in [1.54, 1.807) is 6.07 Å². The minimum absolute atomic E-state index is 0.0192. The number of cyclic esters (lactones) is 1. The Morgan fingerprint density at radius 3 is 2.76 bits per heavy atom. The maximum absolute atomic E-state index is 13.6. The van der Waals surface area contributed by atoms with Crippen LogP contribution in [0.1, 0.15) is 103 Å². The minimum Gasteiger partial charge on any atom is -0.457 e. The van der Waals surface area contributed by atoms with Gasteiger partial charge in [-0.15, -0.1) is 6.58 Å². The van der Waals surface area contributed by atoms with Crippen molar-refractivity contribution in [2.24, 2.45) is 17.3 Å². The van der Waals surface area contributed by atoms with E-state index in [-0.39, 0.29) is 36.6 Å². The molecule has 2 heterocycles. The summed E-state index contributed by atoms with van der Waals surface area (Å²) < 4.78 is 11.5. The molecule has 1 aliphatic rings. The van der Waals surface area contributed by atoms with Crippen molar-refractivity contribution in [1.29, 1.82) is 0 Å². The van der Waals surface area contributed by atoms with Gasteiger partial charge in [-0.1, -0.05) is 51.0 Å². The molecule has 6 nitrogen and oxygen atoms in total. The molecule has 1 aromatic carbocycles. The number of rotatable bonds is 5. The van der Waals surface area contributed by atoms with Crippen LogP contribution < -0.4 is 0 Å². The third-order valence-corrected chi connectivity index (χ3v) is 7.58. The highest BCUT2D eigenvalue weighted by Gasteiger charge is 2.34. The van der Waals surface area contributed by atoms with Gasteiger partial charge in [-0.25, -0.2) is 4.98 Å². The highest BCUT2D eigenvalue weighted by atomic mass is 16.5. The number of fused-ring (bicyclic) bond motifs is 1. The normalized spacial score (nSPS) is 25.9. The number of allylic oxidation sites excluding steroid dienone is 2. The van der Waals surface area contributed by atoms with E-state index in [0.29, 0.717) is 29.9 Å². The van der Waals surface area contributed by atoms with E-state index in [4.69, 9.17) is 9.15 Å². The van der Waals surface area contributed by atoms with Crippen LogP contribution in [0.15, 0.2) is 46.9 Å². The Morgan fingerprint density at radius 2 is 2.03 bits per heavy atom. The van der Waals surface area contributed by atoms with Crippen molar-refractivity contribution in [2.75, 3.05) is 0 Å². The first-order chi connectivity index (χ1) is 17.6. The number of hydrogen-bond acceptors (Lipinski definition) is 6. The summed E-state index contributed by atoms with van der Waals surface area (Å²) in [5.74, 6) is 0.631. The van der Waals surface area contributed by atoms with E-state index < -0.39 is 11.5 Å². The van der Waals surface area contributed by atoms with Crippen LogP contribution in [0.25, 0.3) is 11.1 Å². The van der Waals surface area contributed by atoms with Crippen molar-refractivity contribution in [3.63, 3.8) is 0 Å². The van der Waals surface area contributed by atoms with Gasteiger partial charge in [0.1, 0.15) is 24.0 Å². The number of esters is 1. The first kappa shape index (κ1) is 28.8. The molecule has 0 radical (unpaired) electrons. The molecule has 202 valence electrons. The summed E-state index contributed by atoms with van der Waals surface area (Å²) in [7, 11) is 0. The number of aliphatic hydroxyl groups is 1. The SMILES string of the molecule is C=CCCC1CC(C)CCC/C(C)=C\CC(c2ccc3oc(CO)nc3c2)OC(=O)CCC(C)(C)C1=O. The Hall–Kier alpha value is -2.73. The van der Waals surface area contributed by atoms with Crippen molar-refractivity contribution < 1.29 is 23.8 Å². The smallest absolute Gasteiger partial charge is 0.306 e. The van der Waals surface area contributed by atoms with Gasteiger partial charge in [0.05, 0.1) is 0 Å². The molecule has 0 aliphatic carbocycles. The van der Waals surface area contributed by atoms with Crippen molar-refractivity contribution in [1.82, 2.24) is 4.98 Å². The summed E-state index contributed by atoms with van der Waals surface area (Å²) in [6.07, 6.45) is 10.4. The number of ketones is 1. The standard InChI is InChI=1S/C31H43NO5/c1-6-7-11-24-18-22(3)10-8-9-21(2)12-14-26(37-29(34)16-17-31(4,5)30(24)35)23-13-15-27-25(19-23)32-28(20-33)36-27/h6,12-13,15,19,22,24,26,33H,1,7-11,14,16-18,20H2,2-5H3/b21-12-. The fourth-order valence-corrected chi connectivity index (χ4v) is 5.24. The molecule has 1 aliphatic heterocycles. The van der Waals surface area contributed by atoms with Crippen LogP contribution in [0.2, 0.25) is 0 Å². The quantitative estimate of drug-likeness (QED) is 0.333. The van der Waals surface area contributed by atoms with E-state index in [2.05, 4.69) is 31.5 Å². The Kier molecular flexibility index (Phi) is 10.3.